The monoisotopic (exact) mass is 408 g/mol. The topological polar surface area (TPSA) is 9.23 Å². The maximum absolute atomic E-state index is 7.02. The van der Waals surface area contributed by atoms with E-state index in [9.17, 15) is 0 Å². The van der Waals surface area contributed by atoms with E-state index in [1.807, 2.05) is 0 Å². The van der Waals surface area contributed by atoms with Gasteiger partial charge in [-0.05, 0) is 0 Å². The van der Waals surface area contributed by atoms with Crippen LogP contribution in [0.4, 0.5) is 0 Å². The fourth-order valence-electron chi connectivity index (χ4n) is 3.56. The predicted molar refractivity (Wildman–Crippen MR) is 91.5 cm³/mol. The summed E-state index contributed by atoms with van der Waals surface area (Å²) in [7, 11) is 14.0. The van der Waals surface area contributed by atoms with Crippen LogP contribution in [0.1, 0.15) is 65.2 Å². The van der Waals surface area contributed by atoms with E-state index in [-0.39, 0.29) is 17.6 Å². The number of hydrogen-bond acceptors (Lipinski definition) is 1. The van der Waals surface area contributed by atoms with Crippen LogP contribution in [0.3, 0.4) is 0 Å². The minimum absolute atomic E-state index is 0.181. The van der Waals surface area contributed by atoms with Crippen LogP contribution < -0.4 is 0 Å². The normalized spacial score (nSPS) is 37.1. The molecule has 0 radical (unpaired) electrons. The molecule has 20 heavy (non-hydrogen) atoms. The molecule has 2 aliphatic carbocycles. The Labute approximate surface area is 139 Å². The van der Waals surface area contributed by atoms with Gasteiger partial charge in [-0.25, -0.2) is 0 Å². The number of hydrogen-bond donors (Lipinski definition) is 0. The molecular weight excluding hydrogens is 381 g/mol. The first-order chi connectivity index (χ1) is 9.43. The van der Waals surface area contributed by atoms with Crippen molar-refractivity contribution >= 4 is 42.8 Å². The van der Waals surface area contributed by atoms with Crippen molar-refractivity contribution < 1.29 is 4.74 Å². The summed E-state index contributed by atoms with van der Waals surface area (Å²) in [5, 5.41) is 0.181. The third-order valence-electron chi connectivity index (χ3n) is 4.52. The SMILES string of the molecule is CC(C)OC1CCCCC1[Se](Cl)(Cl)C1CCCCC1Cl. The van der Waals surface area contributed by atoms with Crippen LogP contribution in [0.25, 0.3) is 0 Å². The summed E-state index contributed by atoms with van der Waals surface area (Å²) in [5.41, 5.74) is 0. The van der Waals surface area contributed by atoms with Gasteiger partial charge < -0.3 is 0 Å². The summed E-state index contributed by atoms with van der Waals surface area (Å²) < 4.78 is 6.14. The van der Waals surface area contributed by atoms with Crippen LogP contribution in [0.5, 0.6) is 0 Å². The van der Waals surface area contributed by atoms with Crippen LogP contribution >= 0.6 is 31.8 Å². The van der Waals surface area contributed by atoms with E-state index in [2.05, 4.69) is 13.8 Å². The summed E-state index contributed by atoms with van der Waals surface area (Å²) >= 11 is 3.95. The third kappa shape index (κ3) is 4.21. The van der Waals surface area contributed by atoms with Crippen LogP contribution in [0.2, 0.25) is 9.63 Å². The summed E-state index contributed by atoms with van der Waals surface area (Å²) in [6.07, 6.45) is 9.87. The Balaban J connectivity index is 2.11. The molecule has 0 bridgehead atoms. The van der Waals surface area contributed by atoms with Gasteiger partial charge >= 0.3 is 140 Å². The van der Waals surface area contributed by atoms with Gasteiger partial charge in [0.05, 0.1) is 0 Å². The van der Waals surface area contributed by atoms with Gasteiger partial charge in [-0.1, -0.05) is 0 Å². The van der Waals surface area contributed by atoms with E-state index in [0.717, 1.165) is 25.7 Å². The van der Waals surface area contributed by atoms with E-state index in [1.54, 1.807) is 0 Å². The molecule has 0 aromatic rings. The van der Waals surface area contributed by atoms with Crippen molar-refractivity contribution in [3.8, 4) is 0 Å². The van der Waals surface area contributed by atoms with Gasteiger partial charge in [-0.15, -0.1) is 0 Å². The Morgan fingerprint density at radius 1 is 0.900 bits per heavy atom. The molecule has 0 aliphatic heterocycles. The molecule has 2 saturated carbocycles. The van der Waals surface area contributed by atoms with Crippen molar-refractivity contribution in [2.24, 2.45) is 0 Å². The fourth-order valence-corrected chi connectivity index (χ4v) is 14.9. The van der Waals surface area contributed by atoms with Gasteiger partial charge in [0.15, 0.2) is 0 Å². The van der Waals surface area contributed by atoms with Crippen LogP contribution in [-0.2, 0) is 4.74 Å². The molecule has 0 N–H and O–H groups in total. The molecule has 0 saturated heterocycles. The second-order valence-electron chi connectivity index (χ2n) is 6.44. The van der Waals surface area contributed by atoms with E-state index in [1.165, 1.54) is 25.7 Å². The molecule has 2 rings (SSSR count). The summed E-state index contributed by atoms with van der Waals surface area (Å²) in [6.45, 7) is 4.20. The maximum atomic E-state index is 7.02. The molecule has 120 valence electrons. The van der Waals surface area contributed by atoms with Crippen LogP contribution in [0, 0.1) is 0 Å². The van der Waals surface area contributed by atoms with Crippen molar-refractivity contribution in [1.82, 2.24) is 0 Å². The number of halogens is 3. The molecule has 0 spiro atoms. The molecule has 2 fully saturated rings. The zero-order valence-corrected chi connectivity index (χ0v) is 16.5. The Bertz CT molecular complexity index is 311. The van der Waals surface area contributed by atoms with E-state index >= 15 is 0 Å². The quantitative estimate of drug-likeness (QED) is 0.398. The molecule has 0 aromatic heterocycles. The van der Waals surface area contributed by atoms with Gasteiger partial charge in [0, 0.05) is 0 Å². The first-order valence-corrected chi connectivity index (χ1v) is 14.8. The van der Waals surface area contributed by atoms with Crippen molar-refractivity contribution in [2.45, 2.75) is 92.4 Å². The van der Waals surface area contributed by atoms with Crippen molar-refractivity contribution in [3.05, 3.63) is 0 Å². The first-order valence-electron chi connectivity index (χ1n) is 7.92. The minimum atomic E-state index is -2.62. The predicted octanol–water partition coefficient (Wildman–Crippen LogP) is 6.20. The molecule has 4 unspecified atom stereocenters. The summed E-state index contributed by atoms with van der Waals surface area (Å²) in [6, 6.07) is 0. The van der Waals surface area contributed by atoms with Gasteiger partial charge in [0.1, 0.15) is 0 Å². The van der Waals surface area contributed by atoms with Crippen LogP contribution in [-0.4, -0.2) is 28.6 Å². The van der Waals surface area contributed by atoms with E-state index in [4.69, 9.17) is 36.5 Å². The number of rotatable bonds is 4. The Kier molecular flexibility index (Phi) is 6.86. The second kappa shape index (κ2) is 7.75. The third-order valence-corrected chi connectivity index (χ3v) is 15.8. The van der Waals surface area contributed by atoms with Crippen molar-refractivity contribution in [3.63, 3.8) is 0 Å². The number of ether oxygens (including phenoxy) is 1. The molecular formula is C15H27Cl3OSe. The van der Waals surface area contributed by atoms with E-state index in [0.29, 0.717) is 9.63 Å². The molecule has 2 aliphatic rings. The standard InChI is InChI=1S/C15H27Cl3OSe/c1-11(2)19-13-8-4-6-10-15(13)20(17,18)14-9-5-3-7-12(14)16/h11-15H,3-10H2,1-2H3. The number of alkyl halides is 1. The Morgan fingerprint density at radius 3 is 2.05 bits per heavy atom. The first kappa shape index (κ1) is 17.7. The fraction of sp³-hybridized carbons (Fsp3) is 1.00. The van der Waals surface area contributed by atoms with E-state index < -0.39 is 11.0 Å². The molecule has 0 aromatic carbocycles. The molecule has 0 amide bonds. The van der Waals surface area contributed by atoms with Gasteiger partial charge in [-0.2, -0.15) is 0 Å². The van der Waals surface area contributed by atoms with Crippen molar-refractivity contribution in [1.29, 1.82) is 0 Å². The van der Waals surface area contributed by atoms with Crippen LogP contribution in [0.15, 0.2) is 0 Å². The zero-order chi connectivity index (χ0) is 14.8. The molecule has 1 nitrogen and oxygen atoms in total. The van der Waals surface area contributed by atoms with Gasteiger partial charge in [0.2, 0.25) is 0 Å². The Morgan fingerprint density at radius 2 is 1.45 bits per heavy atom. The average molecular weight is 409 g/mol. The summed E-state index contributed by atoms with van der Waals surface area (Å²) in [4.78, 5) is 0.724. The average Bonchev–Trinajstić information content (AvgIpc) is 2.38. The zero-order valence-electron chi connectivity index (χ0n) is 12.5. The molecule has 4 atom stereocenters. The van der Waals surface area contributed by atoms with Crippen molar-refractivity contribution in [2.75, 3.05) is 0 Å². The van der Waals surface area contributed by atoms with Gasteiger partial charge in [-0.3, -0.25) is 0 Å². The second-order valence-corrected chi connectivity index (χ2v) is 18.0. The molecule has 0 heterocycles. The molecule has 5 heteroatoms. The van der Waals surface area contributed by atoms with Gasteiger partial charge in [0.25, 0.3) is 0 Å². The Hall–Kier alpha value is 1.35. The summed E-state index contributed by atoms with van der Waals surface area (Å²) in [5.74, 6) is 0.